The molecular weight excluding hydrogens is 238 g/mol. The Morgan fingerprint density at radius 1 is 1.21 bits per heavy atom. The molecule has 1 aromatic carbocycles. The maximum absolute atomic E-state index is 6.19. The normalized spacial score (nSPS) is 14.3. The van der Waals surface area contributed by atoms with Gasteiger partial charge in [0, 0.05) is 5.56 Å². The van der Waals surface area contributed by atoms with E-state index in [-0.39, 0.29) is 0 Å². The van der Waals surface area contributed by atoms with Gasteiger partial charge < -0.3 is 10.3 Å². The van der Waals surface area contributed by atoms with Crippen molar-refractivity contribution in [2.75, 3.05) is 0 Å². The molecule has 0 bridgehead atoms. The van der Waals surface area contributed by atoms with E-state index >= 15 is 0 Å². The molecule has 1 heterocycles. The topological polar surface area (TPSA) is 64.9 Å². The highest BCUT2D eigenvalue weighted by Gasteiger charge is 2.27. The molecule has 0 fully saturated rings. The van der Waals surface area contributed by atoms with Crippen LogP contribution in [0.3, 0.4) is 0 Å². The fourth-order valence-electron chi connectivity index (χ4n) is 2.09. The summed E-state index contributed by atoms with van der Waals surface area (Å²) in [5.74, 6) is 1.11. The summed E-state index contributed by atoms with van der Waals surface area (Å²) in [6.07, 6.45) is 2.83. The Hall–Kier alpha value is -1.68. The van der Waals surface area contributed by atoms with E-state index in [2.05, 4.69) is 36.1 Å². The quantitative estimate of drug-likeness (QED) is 0.895. The second-order valence-corrected chi connectivity index (χ2v) is 5.14. The van der Waals surface area contributed by atoms with Crippen molar-refractivity contribution in [1.82, 2.24) is 10.1 Å². The van der Waals surface area contributed by atoms with Crippen molar-refractivity contribution in [3.05, 3.63) is 35.7 Å². The first kappa shape index (κ1) is 13.7. The Morgan fingerprint density at radius 3 is 2.47 bits per heavy atom. The molecule has 1 atom stereocenters. The van der Waals surface area contributed by atoms with Crippen LogP contribution >= 0.6 is 0 Å². The lowest BCUT2D eigenvalue weighted by atomic mass is 9.98. The van der Waals surface area contributed by atoms with Gasteiger partial charge in [-0.3, -0.25) is 0 Å². The Balaban J connectivity index is 2.25. The lowest BCUT2D eigenvalue weighted by Gasteiger charge is -2.18. The summed E-state index contributed by atoms with van der Waals surface area (Å²) >= 11 is 0. The SMILES string of the molecule is CCCC(C)(N)c1nc(-c2ccc(CC)cc2)no1. The molecule has 19 heavy (non-hydrogen) atoms. The van der Waals surface area contributed by atoms with Gasteiger partial charge in [-0.1, -0.05) is 49.7 Å². The summed E-state index contributed by atoms with van der Waals surface area (Å²) in [6.45, 7) is 6.14. The van der Waals surface area contributed by atoms with Gasteiger partial charge in [0.05, 0.1) is 5.54 Å². The van der Waals surface area contributed by atoms with Gasteiger partial charge in [-0.15, -0.1) is 0 Å². The monoisotopic (exact) mass is 259 g/mol. The van der Waals surface area contributed by atoms with Gasteiger partial charge in [0.1, 0.15) is 0 Å². The Bertz CT molecular complexity index is 529. The molecule has 4 heteroatoms. The standard InChI is InChI=1S/C15H21N3O/c1-4-10-15(3,16)14-17-13(18-19-14)12-8-6-11(5-2)7-9-12/h6-9H,4-5,10,16H2,1-3H3. The molecule has 2 aromatic rings. The van der Waals surface area contributed by atoms with E-state index < -0.39 is 5.54 Å². The predicted molar refractivity (Wildman–Crippen MR) is 75.6 cm³/mol. The molecule has 102 valence electrons. The van der Waals surface area contributed by atoms with Crippen LogP contribution in [0, 0.1) is 0 Å². The third kappa shape index (κ3) is 3.01. The van der Waals surface area contributed by atoms with Crippen LogP contribution in [0.15, 0.2) is 28.8 Å². The first-order valence-corrected chi connectivity index (χ1v) is 6.79. The van der Waals surface area contributed by atoms with Crippen LogP contribution in [0.5, 0.6) is 0 Å². The third-order valence-corrected chi connectivity index (χ3v) is 3.30. The van der Waals surface area contributed by atoms with E-state index in [9.17, 15) is 0 Å². The van der Waals surface area contributed by atoms with Gasteiger partial charge in [0.2, 0.25) is 11.7 Å². The molecule has 2 rings (SSSR count). The number of hydrogen-bond donors (Lipinski definition) is 1. The van der Waals surface area contributed by atoms with Crippen molar-refractivity contribution in [2.45, 2.75) is 45.6 Å². The summed E-state index contributed by atoms with van der Waals surface area (Å²) < 4.78 is 5.31. The predicted octanol–water partition coefficient (Wildman–Crippen LogP) is 3.27. The third-order valence-electron chi connectivity index (χ3n) is 3.30. The first-order chi connectivity index (χ1) is 9.06. The van der Waals surface area contributed by atoms with E-state index in [0.717, 1.165) is 24.8 Å². The largest absolute Gasteiger partial charge is 0.337 e. The summed E-state index contributed by atoms with van der Waals surface area (Å²) in [5.41, 5.74) is 7.89. The second-order valence-electron chi connectivity index (χ2n) is 5.14. The van der Waals surface area contributed by atoms with Crippen molar-refractivity contribution in [3.8, 4) is 11.4 Å². The first-order valence-electron chi connectivity index (χ1n) is 6.79. The van der Waals surface area contributed by atoms with E-state index in [1.807, 2.05) is 19.1 Å². The Labute approximate surface area is 114 Å². The average molecular weight is 259 g/mol. The number of aryl methyl sites for hydroxylation is 1. The number of aromatic nitrogens is 2. The van der Waals surface area contributed by atoms with E-state index in [4.69, 9.17) is 10.3 Å². The molecule has 0 radical (unpaired) electrons. The van der Waals surface area contributed by atoms with Crippen molar-refractivity contribution in [1.29, 1.82) is 0 Å². The number of benzene rings is 1. The summed E-state index contributed by atoms with van der Waals surface area (Å²) in [4.78, 5) is 4.42. The van der Waals surface area contributed by atoms with Gasteiger partial charge in [0.25, 0.3) is 0 Å². The molecule has 0 saturated heterocycles. The molecular formula is C15H21N3O. The molecule has 0 aliphatic heterocycles. The molecule has 0 amide bonds. The smallest absolute Gasteiger partial charge is 0.246 e. The van der Waals surface area contributed by atoms with Crippen molar-refractivity contribution in [3.63, 3.8) is 0 Å². The molecule has 0 aliphatic rings. The number of hydrogen-bond acceptors (Lipinski definition) is 4. The fraction of sp³-hybridized carbons (Fsp3) is 0.467. The zero-order valence-corrected chi connectivity index (χ0v) is 11.8. The van der Waals surface area contributed by atoms with E-state index in [1.54, 1.807) is 0 Å². The minimum absolute atomic E-state index is 0.504. The van der Waals surface area contributed by atoms with Crippen LogP contribution in [0.1, 0.15) is 45.1 Å². The lowest BCUT2D eigenvalue weighted by Crippen LogP contribution is -2.33. The minimum Gasteiger partial charge on any atom is -0.337 e. The molecule has 1 unspecified atom stereocenters. The van der Waals surface area contributed by atoms with Gasteiger partial charge in [0.15, 0.2) is 0 Å². The molecule has 1 aromatic heterocycles. The van der Waals surface area contributed by atoms with Crippen molar-refractivity contribution in [2.24, 2.45) is 5.73 Å². The van der Waals surface area contributed by atoms with Crippen LogP contribution in [-0.4, -0.2) is 10.1 Å². The Kier molecular flexibility index (Phi) is 4.00. The highest BCUT2D eigenvalue weighted by molar-refractivity contribution is 5.54. The van der Waals surface area contributed by atoms with Gasteiger partial charge >= 0.3 is 0 Å². The summed E-state index contributed by atoms with van der Waals surface area (Å²) in [5, 5.41) is 4.02. The molecule has 0 saturated carbocycles. The van der Waals surface area contributed by atoms with Gasteiger partial charge in [-0.05, 0) is 25.3 Å². The maximum atomic E-state index is 6.19. The lowest BCUT2D eigenvalue weighted by molar-refractivity contribution is 0.284. The van der Waals surface area contributed by atoms with Gasteiger partial charge in [-0.25, -0.2) is 0 Å². The van der Waals surface area contributed by atoms with Crippen LogP contribution in [0.25, 0.3) is 11.4 Å². The fourth-order valence-corrected chi connectivity index (χ4v) is 2.09. The molecule has 2 N–H and O–H groups in total. The second kappa shape index (κ2) is 5.53. The maximum Gasteiger partial charge on any atom is 0.246 e. The summed E-state index contributed by atoms with van der Waals surface area (Å²) in [6, 6.07) is 8.19. The zero-order chi connectivity index (χ0) is 13.9. The zero-order valence-electron chi connectivity index (χ0n) is 11.8. The van der Waals surface area contributed by atoms with Crippen LogP contribution in [0.2, 0.25) is 0 Å². The highest BCUT2D eigenvalue weighted by atomic mass is 16.5. The van der Waals surface area contributed by atoms with Crippen LogP contribution in [-0.2, 0) is 12.0 Å². The van der Waals surface area contributed by atoms with Crippen molar-refractivity contribution >= 4 is 0 Å². The van der Waals surface area contributed by atoms with Gasteiger partial charge in [-0.2, -0.15) is 4.98 Å². The molecule has 0 aliphatic carbocycles. The molecule has 4 nitrogen and oxygen atoms in total. The van der Waals surface area contributed by atoms with E-state index in [1.165, 1.54) is 5.56 Å². The van der Waals surface area contributed by atoms with Crippen LogP contribution < -0.4 is 5.73 Å². The number of rotatable bonds is 5. The number of nitrogens with two attached hydrogens (primary N) is 1. The number of nitrogens with zero attached hydrogens (tertiary/aromatic N) is 2. The molecule has 0 spiro atoms. The Morgan fingerprint density at radius 2 is 1.89 bits per heavy atom. The average Bonchev–Trinajstić information content (AvgIpc) is 2.89. The van der Waals surface area contributed by atoms with Crippen molar-refractivity contribution < 1.29 is 4.52 Å². The van der Waals surface area contributed by atoms with E-state index in [0.29, 0.717) is 11.7 Å². The highest BCUT2D eigenvalue weighted by Crippen LogP contribution is 2.24. The summed E-state index contributed by atoms with van der Waals surface area (Å²) in [7, 11) is 0. The minimum atomic E-state index is -0.552. The van der Waals surface area contributed by atoms with Crippen LogP contribution in [0.4, 0.5) is 0 Å².